The number of carbonyl (C=O) groups is 2. The van der Waals surface area contributed by atoms with Gasteiger partial charge in [-0.2, -0.15) is 0 Å². The van der Waals surface area contributed by atoms with Crippen LogP contribution in [0.5, 0.6) is 17.2 Å². The molecule has 0 unspecified atom stereocenters. The van der Waals surface area contributed by atoms with Gasteiger partial charge in [0.15, 0.2) is 0 Å². The Bertz CT molecular complexity index is 1150. The summed E-state index contributed by atoms with van der Waals surface area (Å²) < 4.78 is 15.6. The Morgan fingerprint density at radius 1 is 0.771 bits per heavy atom. The van der Waals surface area contributed by atoms with E-state index in [-0.39, 0.29) is 11.8 Å². The van der Waals surface area contributed by atoms with Crippen LogP contribution in [-0.2, 0) is 0 Å². The molecule has 35 heavy (non-hydrogen) atoms. The highest BCUT2D eigenvalue weighted by Gasteiger charge is 2.23. The van der Waals surface area contributed by atoms with Crippen molar-refractivity contribution in [1.29, 1.82) is 0 Å². The molecule has 0 atom stereocenters. The molecule has 4 rings (SSSR count). The second-order valence-electron chi connectivity index (χ2n) is 7.97. The lowest BCUT2D eigenvalue weighted by molar-refractivity contribution is 0.0746. The van der Waals surface area contributed by atoms with Crippen molar-refractivity contribution in [1.82, 2.24) is 9.88 Å². The molecule has 1 aliphatic heterocycles. The largest absolute Gasteiger partial charge is 0.497 e. The van der Waals surface area contributed by atoms with Gasteiger partial charge in [-0.3, -0.25) is 9.59 Å². The number of nitrogens with one attached hydrogen (secondary N) is 1. The van der Waals surface area contributed by atoms with Crippen LogP contribution in [0.1, 0.15) is 20.7 Å². The Morgan fingerprint density at radius 3 is 1.94 bits per heavy atom. The van der Waals surface area contributed by atoms with E-state index in [1.807, 2.05) is 17.0 Å². The summed E-state index contributed by atoms with van der Waals surface area (Å²) in [6.45, 7) is 2.54. The van der Waals surface area contributed by atoms with E-state index in [1.165, 1.54) is 14.2 Å². The molecule has 1 aliphatic rings. The summed E-state index contributed by atoms with van der Waals surface area (Å²) in [5.41, 5.74) is 1.64. The summed E-state index contributed by atoms with van der Waals surface area (Å²) in [5.74, 6) is 2.30. The topological polar surface area (TPSA) is 93.2 Å². The number of hydrogen-bond acceptors (Lipinski definition) is 7. The summed E-state index contributed by atoms with van der Waals surface area (Å²) in [6, 6.07) is 15.8. The zero-order chi connectivity index (χ0) is 24.8. The molecule has 0 radical (unpaired) electrons. The number of pyridine rings is 1. The van der Waals surface area contributed by atoms with Crippen LogP contribution in [0.4, 0.5) is 11.5 Å². The second-order valence-corrected chi connectivity index (χ2v) is 7.97. The van der Waals surface area contributed by atoms with Crippen molar-refractivity contribution in [3.8, 4) is 17.2 Å². The fraction of sp³-hybridized carbons (Fsp3) is 0.269. The first-order valence-electron chi connectivity index (χ1n) is 11.2. The smallest absolute Gasteiger partial charge is 0.255 e. The van der Waals surface area contributed by atoms with Gasteiger partial charge in [0.1, 0.15) is 23.1 Å². The van der Waals surface area contributed by atoms with Crippen molar-refractivity contribution >= 4 is 23.3 Å². The van der Waals surface area contributed by atoms with E-state index in [0.717, 1.165) is 11.6 Å². The molecule has 182 valence electrons. The molecule has 0 bridgehead atoms. The highest BCUT2D eigenvalue weighted by Crippen LogP contribution is 2.24. The number of carbonyl (C=O) groups excluding carboxylic acids is 2. The number of aromatic nitrogens is 1. The standard InChI is InChI=1S/C26H28N4O5/c1-33-21-7-4-18(5-8-21)26(32)30-12-10-29(11-13-30)24-9-6-20(17-27-24)28-25(31)19-14-22(34-2)16-23(15-19)35-3/h4-9,14-17H,10-13H2,1-3H3,(H,28,31). The van der Waals surface area contributed by atoms with Crippen molar-refractivity contribution in [3.63, 3.8) is 0 Å². The molecule has 0 spiro atoms. The van der Waals surface area contributed by atoms with Gasteiger partial charge in [-0.1, -0.05) is 0 Å². The normalized spacial score (nSPS) is 13.2. The van der Waals surface area contributed by atoms with Gasteiger partial charge in [0.2, 0.25) is 0 Å². The SMILES string of the molecule is COc1ccc(C(=O)N2CCN(c3ccc(NC(=O)c4cc(OC)cc(OC)c4)cn3)CC2)cc1. The third-order valence-electron chi connectivity index (χ3n) is 5.85. The number of hydrogen-bond donors (Lipinski definition) is 1. The van der Waals surface area contributed by atoms with E-state index < -0.39 is 0 Å². The Balaban J connectivity index is 1.34. The highest BCUT2D eigenvalue weighted by molar-refractivity contribution is 6.04. The average molecular weight is 477 g/mol. The lowest BCUT2D eigenvalue weighted by Crippen LogP contribution is -2.49. The third-order valence-corrected chi connectivity index (χ3v) is 5.85. The molecule has 2 aromatic carbocycles. The maximum Gasteiger partial charge on any atom is 0.255 e. The zero-order valence-electron chi connectivity index (χ0n) is 20.0. The van der Waals surface area contributed by atoms with Gasteiger partial charge in [0, 0.05) is 43.4 Å². The molecule has 9 heteroatoms. The minimum atomic E-state index is -0.289. The summed E-state index contributed by atoms with van der Waals surface area (Å²) >= 11 is 0. The molecule has 1 N–H and O–H groups in total. The maximum atomic E-state index is 12.8. The zero-order valence-corrected chi connectivity index (χ0v) is 20.0. The lowest BCUT2D eigenvalue weighted by atomic mass is 10.1. The first-order chi connectivity index (χ1) is 17.0. The predicted molar refractivity (Wildman–Crippen MR) is 133 cm³/mol. The van der Waals surface area contributed by atoms with Crippen LogP contribution in [0.15, 0.2) is 60.8 Å². The van der Waals surface area contributed by atoms with Gasteiger partial charge < -0.3 is 29.3 Å². The first kappa shape index (κ1) is 23.9. The molecule has 1 fully saturated rings. The molecule has 1 saturated heterocycles. The molecule has 3 aromatic rings. The Kier molecular flexibility index (Phi) is 7.35. The lowest BCUT2D eigenvalue weighted by Gasteiger charge is -2.35. The predicted octanol–water partition coefficient (Wildman–Crippen LogP) is 3.32. The molecule has 9 nitrogen and oxygen atoms in total. The van der Waals surface area contributed by atoms with E-state index in [2.05, 4.69) is 15.2 Å². The molecular weight excluding hydrogens is 448 g/mol. The van der Waals surface area contributed by atoms with E-state index in [9.17, 15) is 9.59 Å². The van der Waals surface area contributed by atoms with Crippen LogP contribution in [0.25, 0.3) is 0 Å². The molecular formula is C26H28N4O5. The van der Waals surface area contributed by atoms with Crippen LogP contribution >= 0.6 is 0 Å². The maximum absolute atomic E-state index is 12.8. The molecule has 2 heterocycles. The molecule has 0 aliphatic carbocycles. The second kappa shape index (κ2) is 10.8. The number of ether oxygens (including phenoxy) is 3. The van der Waals surface area contributed by atoms with Gasteiger partial charge in [0.25, 0.3) is 11.8 Å². The van der Waals surface area contributed by atoms with Crippen molar-refractivity contribution < 1.29 is 23.8 Å². The molecule has 2 amide bonds. The van der Waals surface area contributed by atoms with Crippen molar-refractivity contribution in [2.75, 3.05) is 57.7 Å². The van der Waals surface area contributed by atoms with Gasteiger partial charge in [-0.15, -0.1) is 0 Å². The summed E-state index contributed by atoms with van der Waals surface area (Å²) in [7, 11) is 4.67. The van der Waals surface area contributed by atoms with E-state index in [4.69, 9.17) is 14.2 Å². The van der Waals surface area contributed by atoms with E-state index in [1.54, 1.807) is 55.8 Å². The molecule has 1 aromatic heterocycles. The summed E-state index contributed by atoms with van der Waals surface area (Å²) in [6.07, 6.45) is 1.62. The Labute approximate surface area is 204 Å². The Hall–Kier alpha value is -4.27. The monoisotopic (exact) mass is 476 g/mol. The third kappa shape index (κ3) is 5.63. The van der Waals surface area contributed by atoms with Crippen molar-refractivity contribution in [2.24, 2.45) is 0 Å². The van der Waals surface area contributed by atoms with Crippen LogP contribution in [0, 0.1) is 0 Å². The number of rotatable bonds is 7. The van der Waals surface area contributed by atoms with Gasteiger partial charge in [0.05, 0.1) is 33.2 Å². The van der Waals surface area contributed by atoms with E-state index in [0.29, 0.717) is 54.5 Å². The van der Waals surface area contributed by atoms with Crippen LogP contribution in [-0.4, -0.2) is 69.2 Å². The molecule has 0 saturated carbocycles. The van der Waals surface area contributed by atoms with Gasteiger partial charge in [-0.25, -0.2) is 4.98 Å². The van der Waals surface area contributed by atoms with E-state index >= 15 is 0 Å². The quantitative estimate of drug-likeness (QED) is 0.559. The van der Waals surface area contributed by atoms with Crippen LogP contribution < -0.4 is 24.4 Å². The number of piperazine rings is 1. The fourth-order valence-corrected chi connectivity index (χ4v) is 3.84. The van der Waals surface area contributed by atoms with Crippen LogP contribution in [0.3, 0.4) is 0 Å². The fourth-order valence-electron chi connectivity index (χ4n) is 3.84. The van der Waals surface area contributed by atoms with Gasteiger partial charge in [-0.05, 0) is 48.5 Å². The first-order valence-corrected chi connectivity index (χ1v) is 11.2. The average Bonchev–Trinajstić information content (AvgIpc) is 2.92. The Morgan fingerprint density at radius 2 is 1.40 bits per heavy atom. The highest BCUT2D eigenvalue weighted by atomic mass is 16.5. The minimum absolute atomic E-state index is 0.00694. The van der Waals surface area contributed by atoms with Crippen molar-refractivity contribution in [3.05, 3.63) is 71.9 Å². The minimum Gasteiger partial charge on any atom is -0.497 e. The number of amides is 2. The number of methoxy groups -OCH3 is 3. The summed E-state index contributed by atoms with van der Waals surface area (Å²) in [4.78, 5) is 33.9. The van der Waals surface area contributed by atoms with Crippen molar-refractivity contribution in [2.45, 2.75) is 0 Å². The summed E-state index contributed by atoms with van der Waals surface area (Å²) in [5, 5.41) is 2.85. The number of nitrogens with zero attached hydrogens (tertiary/aromatic N) is 3. The number of anilines is 2. The van der Waals surface area contributed by atoms with Crippen LogP contribution in [0.2, 0.25) is 0 Å². The van der Waals surface area contributed by atoms with Gasteiger partial charge >= 0.3 is 0 Å². The number of benzene rings is 2.